The zero-order chi connectivity index (χ0) is 18.5. The Kier molecular flexibility index (Phi) is 10.6. The summed E-state index contributed by atoms with van der Waals surface area (Å²) >= 11 is 0. The third kappa shape index (κ3) is 11.0. The first-order valence-corrected chi connectivity index (χ1v) is 7.52. The zero-order valence-electron chi connectivity index (χ0n) is 13.2. The second kappa shape index (κ2) is 11.9. The minimum Gasteiger partial charge on any atom is -0.481 e. The molecular formula is C16H22O8. The van der Waals surface area contributed by atoms with Gasteiger partial charge in [0, 0.05) is 12.8 Å². The second-order valence-electron chi connectivity index (χ2n) is 5.14. The molecule has 0 unspecified atom stereocenters. The SMILES string of the molecule is O=C(O)CC=C(CCCC(=O)O)C(=CCCCCC(=O)O)C(=O)O. The van der Waals surface area contributed by atoms with Gasteiger partial charge in [0.25, 0.3) is 0 Å². The van der Waals surface area contributed by atoms with Crippen molar-refractivity contribution in [1.82, 2.24) is 0 Å². The zero-order valence-corrected chi connectivity index (χ0v) is 13.2. The highest BCUT2D eigenvalue weighted by Gasteiger charge is 2.14. The molecular weight excluding hydrogens is 320 g/mol. The molecule has 0 heterocycles. The highest BCUT2D eigenvalue weighted by atomic mass is 16.4. The molecule has 8 nitrogen and oxygen atoms in total. The minimum absolute atomic E-state index is 0.00341. The molecule has 8 heteroatoms. The topological polar surface area (TPSA) is 149 Å². The van der Waals surface area contributed by atoms with Crippen molar-refractivity contribution in [1.29, 1.82) is 0 Å². The van der Waals surface area contributed by atoms with Gasteiger partial charge in [-0.2, -0.15) is 0 Å². The molecule has 134 valence electrons. The van der Waals surface area contributed by atoms with E-state index in [0.717, 1.165) is 0 Å². The molecule has 0 fully saturated rings. The monoisotopic (exact) mass is 342 g/mol. The number of carboxylic acids is 4. The summed E-state index contributed by atoms with van der Waals surface area (Å²) in [5.41, 5.74) is 0.223. The van der Waals surface area contributed by atoms with Gasteiger partial charge in [0.1, 0.15) is 0 Å². The number of hydrogen-bond donors (Lipinski definition) is 4. The molecule has 0 rings (SSSR count). The number of unbranched alkanes of at least 4 members (excludes halogenated alkanes) is 2. The van der Waals surface area contributed by atoms with E-state index >= 15 is 0 Å². The van der Waals surface area contributed by atoms with Crippen LogP contribution in [0.2, 0.25) is 0 Å². The van der Waals surface area contributed by atoms with Gasteiger partial charge in [0.05, 0.1) is 12.0 Å². The average molecular weight is 342 g/mol. The van der Waals surface area contributed by atoms with Gasteiger partial charge in [-0.05, 0) is 37.7 Å². The molecule has 0 aliphatic heterocycles. The lowest BCUT2D eigenvalue weighted by Gasteiger charge is -2.08. The molecule has 4 N–H and O–H groups in total. The number of aliphatic carboxylic acids is 4. The van der Waals surface area contributed by atoms with Gasteiger partial charge < -0.3 is 20.4 Å². The molecule has 0 spiro atoms. The first-order valence-electron chi connectivity index (χ1n) is 7.52. The van der Waals surface area contributed by atoms with E-state index in [4.69, 9.17) is 15.3 Å². The molecule has 0 atom stereocenters. The van der Waals surface area contributed by atoms with Crippen molar-refractivity contribution in [3.05, 3.63) is 23.3 Å². The number of carboxylic acid groups (broad SMARTS) is 4. The molecule has 0 saturated heterocycles. The van der Waals surface area contributed by atoms with Crippen LogP contribution in [0.25, 0.3) is 0 Å². The normalized spacial score (nSPS) is 12.0. The Morgan fingerprint density at radius 3 is 1.75 bits per heavy atom. The van der Waals surface area contributed by atoms with Crippen molar-refractivity contribution in [3.8, 4) is 0 Å². The van der Waals surface area contributed by atoms with Crippen molar-refractivity contribution < 1.29 is 39.6 Å². The van der Waals surface area contributed by atoms with Crippen LogP contribution < -0.4 is 0 Å². The largest absolute Gasteiger partial charge is 0.481 e. The van der Waals surface area contributed by atoms with Gasteiger partial charge >= 0.3 is 23.9 Å². The Morgan fingerprint density at radius 2 is 1.25 bits per heavy atom. The van der Waals surface area contributed by atoms with Crippen LogP contribution in [-0.4, -0.2) is 44.3 Å². The summed E-state index contributed by atoms with van der Waals surface area (Å²) in [6.45, 7) is 0. The summed E-state index contributed by atoms with van der Waals surface area (Å²) in [6.07, 6.45) is 3.80. The van der Waals surface area contributed by atoms with E-state index in [1.54, 1.807) is 0 Å². The van der Waals surface area contributed by atoms with Crippen molar-refractivity contribution >= 4 is 23.9 Å². The first kappa shape index (κ1) is 21.4. The van der Waals surface area contributed by atoms with Crippen LogP contribution >= 0.6 is 0 Å². The number of carbonyl (C=O) groups is 4. The predicted octanol–water partition coefficient (Wildman–Crippen LogP) is 2.30. The highest BCUT2D eigenvalue weighted by molar-refractivity contribution is 5.92. The fraction of sp³-hybridized carbons (Fsp3) is 0.500. The average Bonchev–Trinajstić information content (AvgIpc) is 2.45. The summed E-state index contributed by atoms with van der Waals surface area (Å²) in [7, 11) is 0. The summed E-state index contributed by atoms with van der Waals surface area (Å²) in [5, 5.41) is 35.2. The summed E-state index contributed by atoms with van der Waals surface area (Å²) in [6, 6.07) is 0. The summed E-state index contributed by atoms with van der Waals surface area (Å²) in [4.78, 5) is 43.0. The van der Waals surface area contributed by atoms with Gasteiger partial charge in [0.2, 0.25) is 0 Å². The van der Waals surface area contributed by atoms with Crippen LogP contribution in [0.5, 0.6) is 0 Å². The van der Waals surface area contributed by atoms with Crippen molar-refractivity contribution in [2.75, 3.05) is 0 Å². The maximum Gasteiger partial charge on any atom is 0.335 e. The van der Waals surface area contributed by atoms with Crippen molar-refractivity contribution in [3.63, 3.8) is 0 Å². The van der Waals surface area contributed by atoms with Crippen LogP contribution in [0.3, 0.4) is 0 Å². The molecule has 0 aromatic rings. The van der Waals surface area contributed by atoms with Gasteiger partial charge in [0.15, 0.2) is 0 Å². The summed E-state index contributed by atoms with van der Waals surface area (Å²) in [5.74, 6) is -4.27. The van der Waals surface area contributed by atoms with Crippen molar-refractivity contribution in [2.24, 2.45) is 0 Å². The third-order valence-electron chi connectivity index (χ3n) is 3.13. The molecule has 0 bridgehead atoms. The molecule has 0 aromatic heterocycles. The maximum atomic E-state index is 11.4. The Bertz CT molecular complexity index is 530. The molecule has 0 amide bonds. The smallest absolute Gasteiger partial charge is 0.335 e. The third-order valence-corrected chi connectivity index (χ3v) is 3.13. The molecule has 0 aliphatic rings. The van der Waals surface area contributed by atoms with E-state index in [0.29, 0.717) is 19.3 Å². The number of allylic oxidation sites excluding steroid dienone is 1. The molecule has 0 aliphatic carbocycles. The lowest BCUT2D eigenvalue weighted by molar-refractivity contribution is -0.138. The maximum absolute atomic E-state index is 11.4. The Hall–Kier alpha value is -2.64. The molecule has 0 saturated carbocycles. The van der Waals surface area contributed by atoms with E-state index < -0.39 is 23.9 Å². The number of rotatable bonds is 13. The van der Waals surface area contributed by atoms with Crippen molar-refractivity contribution in [2.45, 2.75) is 51.4 Å². The van der Waals surface area contributed by atoms with Gasteiger partial charge in [-0.1, -0.05) is 12.2 Å². The Labute approximate surface area is 139 Å². The standard InChI is InChI=1S/C16H22O8/c17-13(18)7-3-1-2-6-12(16(23)24)11(9-10-15(21)22)5-4-8-14(19)20/h6,9H,1-5,7-8,10H2,(H,17,18)(H,19,20)(H,21,22)(H,23,24). The Morgan fingerprint density at radius 1 is 0.667 bits per heavy atom. The van der Waals surface area contributed by atoms with E-state index in [9.17, 15) is 24.3 Å². The first-order chi connectivity index (χ1) is 11.2. The van der Waals surface area contributed by atoms with E-state index in [1.807, 2.05) is 0 Å². The van der Waals surface area contributed by atoms with Crippen LogP contribution in [0.4, 0.5) is 0 Å². The summed E-state index contributed by atoms with van der Waals surface area (Å²) < 4.78 is 0. The predicted molar refractivity (Wildman–Crippen MR) is 83.6 cm³/mol. The van der Waals surface area contributed by atoms with Crippen LogP contribution in [-0.2, 0) is 19.2 Å². The van der Waals surface area contributed by atoms with E-state index in [-0.39, 0.29) is 43.3 Å². The lowest BCUT2D eigenvalue weighted by Crippen LogP contribution is -2.06. The van der Waals surface area contributed by atoms with Crippen LogP contribution in [0.15, 0.2) is 23.3 Å². The molecule has 24 heavy (non-hydrogen) atoms. The Balaban J connectivity index is 4.97. The van der Waals surface area contributed by atoms with Gasteiger partial charge in [-0.25, -0.2) is 4.79 Å². The van der Waals surface area contributed by atoms with Crippen LogP contribution in [0, 0.1) is 0 Å². The van der Waals surface area contributed by atoms with E-state index in [1.165, 1.54) is 12.2 Å². The molecule has 0 aromatic carbocycles. The van der Waals surface area contributed by atoms with E-state index in [2.05, 4.69) is 0 Å². The fourth-order valence-electron chi connectivity index (χ4n) is 2.01. The van der Waals surface area contributed by atoms with Crippen LogP contribution in [0.1, 0.15) is 51.4 Å². The number of hydrogen-bond acceptors (Lipinski definition) is 4. The van der Waals surface area contributed by atoms with Gasteiger partial charge in [-0.15, -0.1) is 0 Å². The fourth-order valence-corrected chi connectivity index (χ4v) is 2.01. The quantitative estimate of drug-likeness (QED) is 0.226. The second-order valence-corrected chi connectivity index (χ2v) is 5.14. The lowest BCUT2D eigenvalue weighted by atomic mass is 9.97. The molecule has 0 radical (unpaired) electrons. The minimum atomic E-state index is -1.22. The highest BCUT2D eigenvalue weighted by Crippen LogP contribution is 2.20. The van der Waals surface area contributed by atoms with Gasteiger partial charge in [-0.3, -0.25) is 14.4 Å².